The lowest BCUT2D eigenvalue weighted by Crippen LogP contribution is -2.21. The molecule has 0 saturated heterocycles. The first-order valence-corrected chi connectivity index (χ1v) is 7.87. The van der Waals surface area contributed by atoms with E-state index < -0.39 is 0 Å². The van der Waals surface area contributed by atoms with Gasteiger partial charge < -0.3 is 24.8 Å². The predicted molar refractivity (Wildman–Crippen MR) is 92.6 cm³/mol. The third-order valence-corrected chi connectivity index (χ3v) is 4.45. The maximum absolute atomic E-state index is 9.62. The molecule has 2 N–H and O–H groups in total. The van der Waals surface area contributed by atoms with Gasteiger partial charge in [0.15, 0.2) is 11.5 Å². The standard InChI is InChI=1S/C19H17N3O3/c1-22(2)12-4-5-13-16(8-12)25-19(21)14(9-20)18(13)11-3-6-15-17(7-11)24-10-23-15/h3-8,18H,10,21H2,1-2H3. The predicted octanol–water partition coefficient (Wildman–Crippen LogP) is 2.70. The van der Waals surface area contributed by atoms with Crippen molar-refractivity contribution < 1.29 is 14.2 Å². The van der Waals surface area contributed by atoms with E-state index in [1.54, 1.807) is 0 Å². The first kappa shape index (κ1) is 15.2. The Hall–Kier alpha value is -3.33. The zero-order valence-corrected chi connectivity index (χ0v) is 13.9. The second-order valence-corrected chi connectivity index (χ2v) is 6.15. The Morgan fingerprint density at radius 1 is 1.08 bits per heavy atom. The zero-order chi connectivity index (χ0) is 17.6. The van der Waals surface area contributed by atoms with Gasteiger partial charge in [0.1, 0.15) is 17.4 Å². The molecule has 2 aliphatic heterocycles. The number of allylic oxidation sites excluding steroid dienone is 1. The van der Waals surface area contributed by atoms with Gasteiger partial charge in [-0.1, -0.05) is 12.1 Å². The minimum absolute atomic E-state index is 0.133. The number of rotatable bonds is 2. The van der Waals surface area contributed by atoms with Crippen molar-refractivity contribution in [3.05, 3.63) is 59.0 Å². The van der Waals surface area contributed by atoms with Crippen molar-refractivity contribution in [3.63, 3.8) is 0 Å². The Balaban J connectivity index is 1.87. The number of anilines is 1. The van der Waals surface area contributed by atoms with E-state index in [9.17, 15) is 5.26 Å². The Morgan fingerprint density at radius 2 is 1.88 bits per heavy atom. The van der Waals surface area contributed by atoms with Gasteiger partial charge >= 0.3 is 0 Å². The van der Waals surface area contributed by atoms with E-state index in [1.807, 2.05) is 55.4 Å². The molecule has 6 nitrogen and oxygen atoms in total. The van der Waals surface area contributed by atoms with Crippen LogP contribution in [-0.2, 0) is 0 Å². The van der Waals surface area contributed by atoms with Gasteiger partial charge in [-0.05, 0) is 23.8 Å². The first-order chi connectivity index (χ1) is 12.1. The minimum Gasteiger partial charge on any atom is -0.454 e. The lowest BCUT2D eigenvalue weighted by molar-refractivity contribution is 0.174. The van der Waals surface area contributed by atoms with E-state index in [2.05, 4.69) is 6.07 Å². The van der Waals surface area contributed by atoms with Crippen LogP contribution in [0.5, 0.6) is 17.2 Å². The second-order valence-electron chi connectivity index (χ2n) is 6.15. The highest BCUT2D eigenvalue weighted by atomic mass is 16.7. The smallest absolute Gasteiger partial charge is 0.231 e. The summed E-state index contributed by atoms with van der Waals surface area (Å²) >= 11 is 0. The molecule has 0 fully saturated rings. The zero-order valence-electron chi connectivity index (χ0n) is 13.9. The number of nitrogens with zero attached hydrogens (tertiary/aromatic N) is 2. The van der Waals surface area contributed by atoms with Crippen LogP contribution in [0, 0.1) is 11.3 Å². The van der Waals surface area contributed by atoms with Crippen LogP contribution in [0.25, 0.3) is 0 Å². The number of benzene rings is 2. The van der Waals surface area contributed by atoms with Gasteiger partial charge in [-0.3, -0.25) is 0 Å². The lowest BCUT2D eigenvalue weighted by Gasteiger charge is -2.27. The molecule has 2 aliphatic rings. The normalized spacial score (nSPS) is 17.6. The van der Waals surface area contributed by atoms with Crippen molar-refractivity contribution in [2.45, 2.75) is 5.92 Å². The van der Waals surface area contributed by atoms with Crippen molar-refractivity contribution >= 4 is 5.69 Å². The number of hydrogen-bond donors (Lipinski definition) is 1. The molecular weight excluding hydrogens is 318 g/mol. The molecule has 1 unspecified atom stereocenters. The quantitative estimate of drug-likeness (QED) is 0.909. The molecule has 126 valence electrons. The number of nitriles is 1. The SMILES string of the molecule is CN(C)c1ccc2c(c1)OC(N)=C(C#N)C2c1ccc2c(c1)OCO2. The van der Waals surface area contributed by atoms with Gasteiger partial charge in [-0.15, -0.1) is 0 Å². The van der Waals surface area contributed by atoms with E-state index in [0.29, 0.717) is 22.8 Å². The molecule has 4 rings (SSSR count). The molecule has 0 saturated carbocycles. The van der Waals surface area contributed by atoms with Crippen molar-refractivity contribution in [3.8, 4) is 23.3 Å². The highest BCUT2D eigenvalue weighted by molar-refractivity contribution is 5.62. The molecule has 2 aromatic rings. The highest BCUT2D eigenvalue weighted by Crippen LogP contribution is 2.45. The van der Waals surface area contributed by atoms with Crippen LogP contribution < -0.4 is 24.8 Å². The summed E-state index contributed by atoms with van der Waals surface area (Å²) in [5.74, 6) is 1.86. The molecule has 0 aliphatic carbocycles. The monoisotopic (exact) mass is 335 g/mol. The second kappa shape index (κ2) is 5.64. The molecule has 0 radical (unpaired) electrons. The molecule has 0 spiro atoms. The summed E-state index contributed by atoms with van der Waals surface area (Å²) in [4.78, 5) is 1.99. The van der Waals surface area contributed by atoms with Crippen LogP contribution in [0.2, 0.25) is 0 Å². The molecular formula is C19H17N3O3. The summed E-state index contributed by atoms with van der Waals surface area (Å²) in [5.41, 5.74) is 9.23. The summed E-state index contributed by atoms with van der Waals surface area (Å²) in [6.45, 7) is 0.207. The van der Waals surface area contributed by atoms with Crippen LogP contribution in [0.15, 0.2) is 47.9 Å². The molecule has 1 atom stereocenters. The third kappa shape index (κ3) is 2.41. The van der Waals surface area contributed by atoms with Gasteiger partial charge in [0, 0.05) is 31.4 Å². The van der Waals surface area contributed by atoms with Crippen LogP contribution in [0.1, 0.15) is 17.0 Å². The maximum atomic E-state index is 9.62. The van der Waals surface area contributed by atoms with Crippen molar-refractivity contribution in [1.29, 1.82) is 5.26 Å². The van der Waals surface area contributed by atoms with Gasteiger partial charge in [0.2, 0.25) is 12.7 Å². The Labute approximate surface area is 145 Å². The maximum Gasteiger partial charge on any atom is 0.231 e. The summed E-state index contributed by atoms with van der Waals surface area (Å²) in [6.07, 6.45) is 0. The van der Waals surface area contributed by atoms with E-state index in [0.717, 1.165) is 16.8 Å². The van der Waals surface area contributed by atoms with E-state index in [-0.39, 0.29) is 18.6 Å². The molecule has 25 heavy (non-hydrogen) atoms. The summed E-state index contributed by atoms with van der Waals surface area (Å²) in [5, 5.41) is 9.62. The lowest BCUT2D eigenvalue weighted by atomic mass is 9.83. The van der Waals surface area contributed by atoms with Crippen LogP contribution in [0.4, 0.5) is 5.69 Å². The van der Waals surface area contributed by atoms with E-state index in [4.69, 9.17) is 19.9 Å². The Morgan fingerprint density at radius 3 is 2.64 bits per heavy atom. The average Bonchev–Trinajstić information content (AvgIpc) is 3.07. The molecule has 0 amide bonds. The fraction of sp³-hybridized carbons (Fsp3) is 0.211. The fourth-order valence-electron chi connectivity index (χ4n) is 3.16. The number of ether oxygens (including phenoxy) is 3. The third-order valence-electron chi connectivity index (χ3n) is 4.45. The molecule has 0 bridgehead atoms. The first-order valence-electron chi connectivity index (χ1n) is 7.87. The Bertz CT molecular complexity index is 928. The minimum atomic E-state index is -0.306. The fourth-order valence-corrected chi connectivity index (χ4v) is 3.16. The summed E-state index contributed by atoms with van der Waals surface area (Å²) in [7, 11) is 3.92. The molecule has 6 heteroatoms. The Kier molecular flexibility index (Phi) is 3.43. The topological polar surface area (TPSA) is 80.7 Å². The van der Waals surface area contributed by atoms with Gasteiger partial charge in [0.25, 0.3) is 0 Å². The van der Waals surface area contributed by atoms with E-state index in [1.165, 1.54) is 0 Å². The largest absolute Gasteiger partial charge is 0.454 e. The van der Waals surface area contributed by atoms with Gasteiger partial charge in [0.05, 0.1) is 5.92 Å². The van der Waals surface area contributed by atoms with Gasteiger partial charge in [-0.25, -0.2) is 0 Å². The van der Waals surface area contributed by atoms with Crippen molar-refractivity contribution in [2.24, 2.45) is 5.73 Å². The summed E-state index contributed by atoms with van der Waals surface area (Å²) < 4.78 is 16.6. The van der Waals surface area contributed by atoms with Crippen LogP contribution in [-0.4, -0.2) is 20.9 Å². The number of nitrogens with two attached hydrogens (primary N) is 1. The number of hydrogen-bond acceptors (Lipinski definition) is 6. The van der Waals surface area contributed by atoms with E-state index >= 15 is 0 Å². The van der Waals surface area contributed by atoms with Crippen LogP contribution >= 0.6 is 0 Å². The molecule has 2 aromatic carbocycles. The van der Waals surface area contributed by atoms with Crippen LogP contribution in [0.3, 0.4) is 0 Å². The summed E-state index contributed by atoms with van der Waals surface area (Å²) in [6, 6.07) is 13.8. The average molecular weight is 335 g/mol. The van der Waals surface area contributed by atoms with Gasteiger partial charge in [-0.2, -0.15) is 5.26 Å². The molecule has 2 heterocycles. The molecule has 0 aromatic heterocycles. The highest BCUT2D eigenvalue weighted by Gasteiger charge is 2.32. The number of fused-ring (bicyclic) bond motifs is 2. The van der Waals surface area contributed by atoms with Crippen molar-refractivity contribution in [2.75, 3.05) is 25.8 Å². The van der Waals surface area contributed by atoms with Crippen molar-refractivity contribution in [1.82, 2.24) is 0 Å².